The molecule has 8 nitrogen and oxygen atoms in total. The van der Waals surface area contributed by atoms with Crippen molar-refractivity contribution in [1.82, 2.24) is 4.98 Å². The van der Waals surface area contributed by atoms with E-state index in [0.717, 1.165) is 11.0 Å². The number of nitrogens with two attached hydrogens (primary N) is 1. The van der Waals surface area contributed by atoms with Gasteiger partial charge in [0, 0.05) is 23.3 Å². The standard InChI is InChI=1S/C15H11N3O4.H2O/c19-17-12-5-1-10(2-6-12)14-9-16-15(22-14)11-3-7-13(8-4-11)18(20)21;/h1-9H,17H2;1H2. The van der Waals surface area contributed by atoms with Gasteiger partial charge in [0.15, 0.2) is 5.76 Å². The Hall–Kier alpha value is -3.07. The zero-order valence-electron chi connectivity index (χ0n) is 11.8. The van der Waals surface area contributed by atoms with E-state index in [4.69, 9.17) is 4.42 Å². The summed E-state index contributed by atoms with van der Waals surface area (Å²) in [6, 6.07) is 12.9. The van der Waals surface area contributed by atoms with Crippen molar-refractivity contribution in [2.24, 2.45) is 0 Å². The second kappa shape index (κ2) is 6.79. The van der Waals surface area contributed by atoms with Crippen molar-refractivity contribution in [3.8, 4) is 22.8 Å². The van der Waals surface area contributed by atoms with Gasteiger partial charge in [-0.05, 0) is 36.4 Å². The van der Waals surface area contributed by atoms with Crippen LogP contribution in [0.15, 0.2) is 59.1 Å². The van der Waals surface area contributed by atoms with Gasteiger partial charge < -0.3 is 20.6 Å². The fraction of sp³-hybridized carbons (Fsp3) is 0. The van der Waals surface area contributed by atoms with Gasteiger partial charge in [0.25, 0.3) is 5.69 Å². The van der Waals surface area contributed by atoms with Crippen LogP contribution in [0.1, 0.15) is 0 Å². The van der Waals surface area contributed by atoms with Gasteiger partial charge >= 0.3 is 0 Å². The molecule has 23 heavy (non-hydrogen) atoms. The fourth-order valence-electron chi connectivity index (χ4n) is 1.99. The summed E-state index contributed by atoms with van der Waals surface area (Å²) < 4.78 is 5.66. The van der Waals surface area contributed by atoms with Crippen molar-refractivity contribution >= 4 is 11.4 Å². The van der Waals surface area contributed by atoms with Gasteiger partial charge in [0.1, 0.15) is 5.69 Å². The van der Waals surface area contributed by atoms with Crippen molar-refractivity contribution in [3.63, 3.8) is 0 Å². The summed E-state index contributed by atoms with van der Waals surface area (Å²) in [5.41, 5.74) is 2.82. The number of benzene rings is 2. The van der Waals surface area contributed by atoms with Gasteiger partial charge in [-0.15, -0.1) is 0 Å². The van der Waals surface area contributed by atoms with Crippen LogP contribution in [0.25, 0.3) is 22.8 Å². The zero-order chi connectivity index (χ0) is 15.5. The van der Waals surface area contributed by atoms with Crippen LogP contribution in [0.4, 0.5) is 11.4 Å². The van der Waals surface area contributed by atoms with E-state index in [1.807, 2.05) is 0 Å². The molecule has 0 spiro atoms. The van der Waals surface area contributed by atoms with Crippen LogP contribution in [0.2, 0.25) is 0 Å². The third-order valence-electron chi connectivity index (χ3n) is 3.16. The van der Waals surface area contributed by atoms with Gasteiger partial charge in [0.2, 0.25) is 5.89 Å². The maximum Gasteiger partial charge on any atom is 0.269 e. The van der Waals surface area contributed by atoms with Crippen LogP contribution in [0, 0.1) is 15.3 Å². The molecule has 0 amide bonds. The topological polar surface area (TPSA) is 140 Å². The van der Waals surface area contributed by atoms with Gasteiger partial charge in [-0.2, -0.15) is 0 Å². The summed E-state index contributed by atoms with van der Waals surface area (Å²) in [6.07, 6.45) is 1.58. The Morgan fingerprint density at radius 2 is 1.61 bits per heavy atom. The second-order valence-corrected chi connectivity index (χ2v) is 4.57. The predicted molar refractivity (Wildman–Crippen MR) is 82.6 cm³/mol. The van der Waals surface area contributed by atoms with Crippen LogP contribution >= 0.6 is 0 Å². The molecule has 0 aliphatic rings. The normalized spacial score (nSPS) is 10.1. The third-order valence-corrected chi connectivity index (χ3v) is 3.16. The number of nitrogens with zero attached hydrogens (tertiary/aromatic N) is 2. The minimum atomic E-state index is -0.459. The number of non-ortho nitro benzene ring substituents is 1. The number of rotatable bonds is 4. The maximum absolute atomic E-state index is 10.6. The summed E-state index contributed by atoms with van der Waals surface area (Å²) in [5.74, 6) is 0.940. The third kappa shape index (κ3) is 3.40. The Kier molecular flexibility index (Phi) is 4.82. The van der Waals surface area contributed by atoms with E-state index in [0.29, 0.717) is 22.9 Å². The summed E-state index contributed by atoms with van der Waals surface area (Å²) in [5, 5.41) is 21.3. The first-order valence-corrected chi connectivity index (χ1v) is 6.43. The van der Waals surface area contributed by atoms with Crippen LogP contribution < -0.4 is 5.48 Å². The number of hydrogen-bond donors (Lipinski definition) is 1. The van der Waals surface area contributed by atoms with Crippen molar-refractivity contribution in [1.29, 1.82) is 0 Å². The molecule has 3 rings (SSSR count). The van der Waals surface area contributed by atoms with Crippen LogP contribution in [-0.2, 0) is 0 Å². The second-order valence-electron chi connectivity index (χ2n) is 4.57. The summed E-state index contributed by atoms with van der Waals surface area (Å²) >= 11 is 0. The molecule has 118 valence electrons. The van der Waals surface area contributed by atoms with E-state index in [1.165, 1.54) is 12.1 Å². The molecule has 0 aliphatic carbocycles. The van der Waals surface area contributed by atoms with Crippen LogP contribution in [0.5, 0.6) is 0 Å². The first kappa shape index (κ1) is 16.3. The van der Waals surface area contributed by atoms with E-state index >= 15 is 0 Å². The molecule has 0 aliphatic heterocycles. The Morgan fingerprint density at radius 3 is 2.17 bits per heavy atom. The van der Waals surface area contributed by atoms with Crippen LogP contribution in [-0.4, -0.2) is 15.4 Å². The number of nitro groups is 1. The molecule has 0 bridgehead atoms. The monoisotopic (exact) mass is 315 g/mol. The highest BCUT2D eigenvalue weighted by Gasteiger charge is 2.11. The maximum atomic E-state index is 10.6. The predicted octanol–water partition coefficient (Wildman–Crippen LogP) is 1.78. The first-order chi connectivity index (χ1) is 10.7. The largest absolute Gasteiger partial charge is 0.630 e. The van der Waals surface area contributed by atoms with Gasteiger partial charge in [-0.3, -0.25) is 10.1 Å². The molecule has 4 N–H and O–H groups in total. The lowest BCUT2D eigenvalue weighted by atomic mass is 10.2. The molecular formula is C15H13N3O5. The van der Waals surface area contributed by atoms with Gasteiger partial charge in [0.05, 0.1) is 11.1 Å². The number of hydrogen-bond acceptors (Lipinski definition) is 5. The molecule has 0 saturated carbocycles. The molecule has 1 heterocycles. The molecule has 2 aromatic carbocycles. The number of aromatic nitrogens is 1. The minimum absolute atomic E-state index is 0. The number of nitro benzene ring substituents is 1. The van der Waals surface area contributed by atoms with Crippen molar-refractivity contribution in [2.75, 3.05) is 0 Å². The highest BCUT2D eigenvalue weighted by molar-refractivity contribution is 5.62. The molecule has 0 fully saturated rings. The van der Waals surface area contributed by atoms with E-state index in [9.17, 15) is 15.3 Å². The van der Waals surface area contributed by atoms with E-state index in [2.05, 4.69) is 4.98 Å². The van der Waals surface area contributed by atoms with E-state index < -0.39 is 4.92 Å². The highest BCUT2D eigenvalue weighted by atomic mass is 16.6. The Bertz CT molecular complexity index is 797. The van der Waals surface area contributed by atoms with Crippen molar-refractivity contribution < 1.29 is 20.3 Å². The van der Waals surface area contributed by atoms with Crippen molar-refractivity contribution in [2.45, 2.75) is 0 Å². The molecule has 3 aromatic rings. The summed E-state index contributed by atoms with van der Waals surface area (Å²) in [7, 11) is 0. The molecule has 0 unspecified atom stereocenters. The number of oxazole rings is 1. The average Bonchev–Trinajstić information content (AvgIpc) is 3.05. The molecule has 1 aromatic heterocycles. The zero-order valence-corrected chi connectivity index (χ0v) is 11.8. The summed E-state index contributed by atoms with van der Waals surface area (Å²) in [6.45, 7) is 0. The Morgan fingerprint density at radius 1 is 1.00 bits per heavy atom. The first-order valence-electron chi connectivity index (χ1n) is 6.43. The average molecular weight is 315 g/mol. The lowest BCUT2D eigenvalue weighted by Gasteiger charge is -2.01. The lowest BCUT2D eigenvalue weighted by molar-refractivity contribution is -0.497. The fourth-order valence-corrected chi connectivity index (χ4v) is 1.99. The van der Waals surface area contributed by atoms with Crippen molar-refractivity contribution in [3.05, 3.63) is 70.0 Å². The van der Waals surface area contributed by atoms with E-state index in [1.54, 1.807) is 42.6 Å². The van der Waals surface area contributed by atoms with E-state index in [-0.39, 0.29) is 11.2 Å². The molecule has 0 radical (unpaired) electrons. The quantitative estimate of drug-likeness (QED) is 0.444. The minimum Gasteiger partial charge on any atom is -0.630 e. The molecule has 0 atom stereocenters. The lowest BCUT2D eigenvalue weighted by Crippen LogP contribution is -2.70. The smallest absolute Gasteiger partial charge is 0.269 e. The molecular weight excluding hydrogens is 302 g/mol. The van der Waals surface area contributed by atoms with Crippen LogP contribution in [0.3, 0.4) is 0 Å². The van der Waals surface area contributed by atoms with Gasteiger partial charge in [-0.1, -0.05) is 0 Å². The van der Waals surface area contributed by atoms with Gasteiger partial charge in [-0.25, -0.2) is 4.98 Å². The highest BCUT2D eigenvalue weighted by Crippen LogP contribution is 2.27. The SMILES string of the molecule is O.O=[N+]([O-])c1ccc(-c2ncc(-c3ccc([NH2+][O-])cc3)o2)cc1. The Labute approximate surface area is 130 Å². The Balaban J connectivity index is 0.00000192. The molecule has 0 saturated heterocycles. The molecule has 8 heteroatoms. The summed E-state index contributed by atoms with van der Waals surface area (Å²) in [4.78, 5) is 14.3. The number of quaternary nitrogens is 1.